The average molecular weight is 184 g/mol. The van der Waals surface area contributed by atoms with Gasteiger partial charge in [0.05, 0.1) is 6.04 Å². The summed E-state index contributed by atoms with van der Waals surface area (Å²) in [5, 5.41) is 3.39. The smallest absolute Gasteiger partial charge is 0.239 e. The molecule has 0 bridgehead atoms. The summed E-state index contributed by atoms with van der Waals surface area (Å²) in [5.74, 6) is 0.238. The van der Waals surface area contributed by atoms with Gasteiger partial charge in [-0.25, -0.2) is 0 Å². The molecule has 1 unspecified atom stereocenters. The van der Waals surface area contributed by atoms with E-state index in [9.17, 15) is 4.79 Å². The first-order chi connectivity index (χ1) is 5.96. The molecule has 1 saturated heterocycles. The average Bonchev–Trinajstić information content (AvgIpc) is 2.36. The largest absolute Gasteiger partial charge is 0.344 e. The zero-order chi connectivity index (χ0) is 10.1. The number of rotatable bonds is 3. The molecule has 0 aromatic carbocycles. The topological polar surface area (TPSA) is 32.3 Å². The number of likely N-dealkylation sites (tertiary alicyclic amines) is 1. The second-order valence-corrected chi connectivity index (χ2v) is 4.48. The molecule has 1 atom stereocenters. The highest BCUT2D eigenvalue weighted by atomic mass is 16.2. The first-order valence-corrected chi connectivity index (χ1v) is 4.99. The number of carbonyl (C=O) groups excluding carboxylic acids is 1. The molecule has 0 spiro atoms. The summed E-state index contributed by atoms with van der Waals surface area (Å²) in [6.07, 6.45) is 1.99. The van der Waals surface area contributed by atoms with Crippen LogP contribution in [0.15, 0.2) is 0 Å². The highest BCUT2D eigenvalue weighted by molar-refractivity contribution is 5.83. The molecule has 1 aliphatic heterocycles. The molecule has 3 heteroatoms. The fourth-order valence-electron chi connectivity index (χ4n) is 1.53. The quantitative estimate of drug-likeness (QED) is 0.709. The maximum atomic E-state index is 11.6. The third-order valence-electron chi connectivity index (χ3n) is 2.88. The van der Waals surface area contributed by atoms with Crippen molar-refractivity contribution < 1.29 is 4.79 Å². The van der Waals surface area contributed by atoms with Crippen molar-refractivity contribution in [1.82, 2.24) is 10.2 Å². The summed E-state index contributed by atoms with van der Waals surface area (Å²) in [4.78, 5) is 13.4. The third kappa shape index (κ3) is 2.44. The van der Waals surface area contributed by atoms with Crippen LogP contribution >= 0.6 is 0 Å². The van der Waals surface area contributed by atoms with Gasteiger partial charge in [0.2, 0.25) is 5.91 Å². The maximum absolute atomic E-state index is 11.6. The van der Waals surface area contributed by atoms with E-state index in [2.05, 4.69) is 26.1 Å². The van der Waals surface area contributed by atoms with Gasteiger partial charge in [-0.1, -0.05) is 6.92 Å². The van der Waals surface area contributed by atoms with E-state index >= 15 is 0 Å². The van der Waals surface area contributed by atoms with Crippen LogP contribution in [0.25, 0.3) is 0 Å². The van der Waals surface area contributed by atoms with Gasteiger partial charge in [-0.3, -0.25) is 4.79 Å². The zero-order valence-corrected chi connectivity index (χ0v) is 9.05. The Kier molecular flexibility index (Phi) is 2.96. The van der Waals surface area contributed by atoms with Gasteiger partial charge in [0.15, 0.2) is 0 Å². The van der Waals surface area contributed by atoms with E-state index < -0.39 is 0 Å². The van der Waals surface area contributed by atoms with E-state index in [-0.39, 0.29) is 17.5 Å². The molecule has 0 aromatic heterocycles. The molecule has 76 valence electrons. The van der Waals surface area contributed by atoms with Crippen molar-refractivity contribution >= 4 is 5.91 Å². The van der Waals surface area contributed by atoms with Crippen molar-refractivity contribution in [2.24, 2.45) is 0 Å². The van der Waals surface area contributed by atoms with E-state index in [4.69, 9.17) is 0 Å². The van der Waals surface area contributed by atoms with Crippen molar-refractivity contribution in [3.05, 3.63) is 0 Å². The SMILES string of the molecule is CCC(C)(C)NC1CCN(C)C1=O. The Balaban J connectivity index is 2.51. The summed E-state index contributed by atoms with van der Waals surface area (Å²) in [5.41, 5.74) is 0.0749. The predicted octanol–water partition coefficient (Wildman–Crippen LogP) is 0.995. The monoisotopic (exact) mass is 184 g/mol. The van der Waals surface area contributed by atoms with Crippen molar-refractivity contribution in [1.29, 1.82) is 0 Å². The van der Waals surface area contributed by atoms with Crippen molar-refractivity contribution in [3.63, 3.8) is 0 Å². The molecule has 1 fully saturated rings. The summed E-state index contributed by atoms with van der Waals surface area (Å²) in [6.45, 7) is 7.30. The molecule has 1 N–H and O–H groups in total. The molecule has 13 heavy (non-hydrogen) atoms. The van der Waals surface area contributed by atoms with Gasteiger partial charge in [-0.05, 0) is 26.7 Å². The molecule has 3 nitrogen and oxygen atoms in total. The highest BCUT2D eigenvalue weighted by Gasteiger charge is 2.32. The van der Waals surface area contributed by atoms with Gasteiger partial charge < -0.3 is 10.2 Å². The Hall–Kier alpha value is -0.570. The highest BCUT2D eigenvalue weighted by Crippen LogP contribution is 2.15. The van der Waals surface area contributed by atoms with Gasteiger partial charge in [0, 0.05) is 19.1 Å². The molecular weight excluding hydrogens is 164 g/mol. The lowest BCUT2D eigenvalue weighted by Gasteiger charge is -2.27. The minimum absolute atomic E-state index is 0.0416. The van der Waals surface area contributed by atoms with Crippen LogP contribution in [0, 0.1) is 0 Å². The van der Waals surface area contributed by atoms with E-state index in [0.29, 0.717) is 0 Å². The minimum atomic E-state index is 0.0416. The number of hydrogen-bond acceptors (Lipinski definition) is 2. The molecule has 1 aliphatic rings. The number of amides is 1. The van der Waals surface area contributed by atoms with E-state index in [1.165, 1.54) is 0 Å². The Morgan fingerprint density at radius 3 is 2.62 bits per heavy atom. The summed E-state index contributed by atoms with van der Waals surface area (Å²) >= 11 is 0. The Morgan fingerprint density at radius 2 is 2.23 bits per heavy atom. The molecule has 1 rings (SSSR count). The fourth-order valence-corrected chi connectivity index (χ4v) is 1.53. The van der Waals surface area contributed by atoms with Crippen LogP contribution in [0.5, 0.6) is 0 Å². The Labute approximate surface area is 80.5 Å². The summed E-state index contributed by atoms with van der Waals surface area (Å²) < 4.78 is 0. The Bertz CT molecular complexity index is 201. The van der Waals surface area contributed by atoms with Crippen LogP contribution in [-0.2, 0) is 4.79 Å². The van der Waals surface area contributed by atoms with Crippen molar-refractivity contribution in [2.45, 2.75) is 45.2 Å². The minimum Gasteiger partial charge on any atom is -0.344 e. The number of carbonyl (C=O) groups is 1. The van der Waals surface area contributed by atoms with E-state index in [1.54, 1.807) is 4.90 Å². The maximum Gasteiger partial charge on any atom is 0.239 e. The van der Waals surface area contributed by atoms with Gasteiger partial charge >= 0.3 is 0 Å². The van der Waals surface area contributed by atoms with Crippen molar-refractivity contribution in [3.8, 4) is 0 Å². The zero-order valence-electron chi connectivity index (χ0n) is 9.05. The number of hydrogen-bond donors (Lipinski definition) is 1. The number of likely N-dealkylation sites (N-methyl/N-ethyl adjacent to an activating group) is 1. The van der Waals surface area contributed by atoms with Gasteiger partial charge in [0.25, 0.3) is 0 Å². The lowest BCUT2D eigenvalue weighted by Crippen LogP contribution is -2.48. The third-order valence-corrected chi connectivity index (χ3v) is 2.88. The molecule has 0 saturated carbocycles. The summed E-state index contributed by atoms with van der Waals surface area (Å²) in [7, 11) is 1.86. The van der Waals surface area contributed by atoms with E-state index in [1.807, 2.05) is 7.05 Å². The van der Waals surface area contributed by atoms with Crippen LogP contribution in [0.4, 0.5) is 0 Å². The lowest BCUT2D eigenvalue weighted by atomic mass is 10.00. The molecule has 0 aromatic rings. The fraction of sp³-hybridized carbons (Fsp3) is 0.900. The molecule has 1 amide bonds. The first-order valence-electron chi connectivity index (χ1n) is 4.99. The molecular formula is C10H20N2O. The number of nitrogens with one attached hydrogen (secondary N) is 1. The Morgan fingerprint density at radius 1 is 1.62 bits per heavy atom. The molecule has 0 aliphatic carbocycles. The van der Waals surface area contributed by atoms with E-state index in [0.717, 1.165) is 19.4 Å². The van der Waals surface area contributed by atoms with Crippen LogP contribution in [0.2, 0.25) is 0 Å². The summed E-state index contributed by atoms with van der Waals surface area (Å²) in [6, 6.07) is 0.0416. The molecule has 0 radical (unpaired) electrons. The number of nitrogens with zero attached hydrogens (tertiary/aromatic N) is 1. The second-order valence-electron chi connectivity index (χ2n) is 4.48. The van der Waals surface area contributed by atoms with Crippen LogP contribution < -0.4 is 5.32 Å². The van der Waals surface area contributed by atoms with Gasteiger partial charge in [-0.15, -0.1) is 0 Å². The first kappa shape index (κ1) is 10.5. The lowest BCUT2D eigenvalue weighted by molar-refractivity contribution is -0.128. The van der Waals surface area contributed by atoms with Crippen LogP contribution in [0.1, 0.15) is 33.6 Å². The standard InChI is InChI=1S/C10H20N2O/c1-5-10(2,3)11-8-6-7-12(4)9(8)13/h8,11H,5-7H2,1-4H3. The van der Waals surface area contributed by atoms with Crippen LogP contribution in [0.3, 0.4) is 0 Å². The van der Waals surface area contributed by atoms with Crippen LogP contribution in [-0.4, -0.2) is 36.0 Å². The second kappa shape index (κ2) is 3.66. The van der Waals surface area contributed by atoms with Gasteiger partial charge in [-0.2, -0.15) is 0 Å². The van der Waals surface area contributed by atoms with Crippen molar-refractivity contribution in [2.75, 3.05) is 13.6 Å². The van der Waals surface area contributed by atoms with Gasteiger partial charge in [0.1, 0.15) is 0 Å². The predicted molar refractivity (Wildman–Crippen MR) is 53.5 cm³/mol. The molecule has 1 heterocycles. The normalized spacial score (nSPS) is 24.2.